The van der Waals surface area contributed by atoms with Crippen molar-refractivity contribution in [3.63, 3.8) is 0 Å². The van der Waals surface area contributed by atoms with Gasteiger partial charge in [-0.25, -0.2) is 0 Å². The van der Waals surface area contributed by atoms with E-state index in [-0.39, 0.29) is 11.8 Å². The molecule has 4 heteroatoms. The average Bonchev–Trinajstić information content (AvgIpc) is 2.27. The average molecular weight is 237 g/mol. The summed E-state index contributed by atoms with van der Waals surface area (Å²) in [5, 5.41) is 8.95. The zero-order chi connectivity index (χ0) is 12.4. The molecule has 1 aliphatic heterocycles. The number of carbonyl (C=O) groups is 2. The molecule has 0 aromatic carbocycles. The fraction of sp³-hybridized carbons (Fsp3) is 0.692. The minimum absolute atomic E-state index is 0.0474. The predicted molar refractivity (Wildman–Crippen MR) is 63.4 cm³/mol. The van der Waals surface area contributed by atoms with Crippen LogP contribution in [0.25, 0.3) is 0 Å². The highest BCUT2D eigenvalue weighted by atomic mass is 16.4. The van der Waals surface area contributed by atoms with E-state index in [9.17, 15) is 9.59 Å². The second-order valence-electron chi connectivity index (χ2n) is 5.03. The van der Waals surface area contributed by atoms with Crippen LogP contribution < -0.4 is 0 Å². The molecule has 94 valence electrons. The molecule has 0 spiro atoms. The number of carboxylic acids is 1. The molecule has 17 heavy (non-hydrogen) atoms. The molecule has 2 rings (SSSR count). The Labute approximate surface area is 101 Å². The van der Waals surface area contributed by atoms with Crippen molar-refractivity contribution in [3.8, 4) is 0 Å². The van der Waals surface area contributed by atoms with Crippen LogP contribution in [-0.2, 0) is 9.59 Å². The van der Waals surface area contributed by atoms with E-state index in [1.54, 1.807) is 0 Å². The smallest absolute Gasteiger partial charge is 0.307 e. The van der Waals surface area contributed by atoms with E-state index in [0.717, 1.165) is 32.4 Å². The van der Waals surface area contributed by atoms with E-state index >= 15 is 0 Å². The summed E-state index contributed by atoms with van der Waals surface area (Å²) in [7, 11) is 0. The van der Waals surface area contributed by atoms with Gasteiger partial charge >= 0.3 is 5.97 Å². The van der Waals surface area contributed by atoms with Crippen molar-refractivity contribution < 1.29 is 14.7 Å². The van der Waals surface area contributed by atoms with Crippen LogP contribution in [0.3, 0.4) is 0 Å². The minimum Gasteiger partial charge on any atom is -0.481 e. The van der Waals surface area contributed by atoms with E-state index in [1.807, 2.05) is 11.0 Å². The van der Waals surface area contributed by atoms with Crippen molar-refractivity contribution in [3.05, 3.63) is 12.7 Å². The molecule has 1 heterocycles. The number of aliphatic carboxylic acids is 1. The first-order chi connectivity index (χ1) is 8.13. The largest absolute Gasteiger partial charge is 0.481 e. The quantitative estimate of drug-likeness (QED) is 0.757. The number of carboxylic acid groups (broad SMARTS) is 1. The third-order valence-corrected chi connectivity index (χ3v) is 4.09. The molecule has 0 aromatic rings. The van der Waals surface area contributed by atoms with Crippen LogP contribution >= 0.6 is 0 Å². The third-order valence-electron chi connectivity index (χ3n) is 4.09. The topological polar surface area (TPSA) is 57.6 Å². The molecule has 2 fully saturated rings. The highest BCUT2D eigenvalue weighted by molar-refractivity contribution is 5.86. The first-order valence-electron chi connectivity index (χ1n) is 6.27. The maximum absolute atomic E-state index is 12.1. The number of piperidine rings is 1. The Hall–Kier alpha value is -1.32. The van der Waals surface area contributed by atoms with Gasteiger partial charge in [-0.3, -0.25) is 9.59 Å². The summed E-state index contributed by atoms with van der Waals surface area (Å²) in [6.45, 7) is 5.27. The summed E-state index contributed by atoms with van der Waals surface area (Å²) >= 11 is 0. The van der Waals surface area contributed by atoms with Gasteiger partial charge in [-0.1, -0.05) is 6.08 Å². The van der Waals surface area contributed by atoms with Crippen LogP contribution in [0.2, 0.25) is 0 Å². The lowest BCUT2D eigenvalue weighted by Gasteiger charge is -2.38. The molecule has 1 N–H and O–H groups in total. The van der Waals surface area contributed by atoms with Gasteiger partial charge in [0, 0.05) is 13.1 Å². The van der Waals surface area contributed by atoms with Crippen molar-refractivity contribution in [2.45, 2.75) is 25.7 Å². The zero-order valence-corrected chi connectivity index (χ0v) is 9.97. The summed E-state index contributed by atoms with van der Waals surface area (Å²) < 4.78 is 0. The molecule has 2 aliphatic rings. The molecule has 0 radical (unpaired) electrons. The molecule has 1 saturated carbocycles. The number of hydrogen-bond acceptors (Lipinski definition) is 2. The van der Waals surface area contributed by atoms with E-state index in [0.29, 0.717) is 12.3 Å². The summed E-state index contributed by atoms with van der Waals surface area (Å²) in [6, 6.07) is 0. The molecular weight excluding hydrogens is 218 g/mol. The van der Waals surface area contributed by atoms with Gasteiger partial charge in [-0.05, 0) is 31.6 Å². The van der Waals surface area contributed by atoms with E-state index in [4.69, 9.17) is 5.11 Å². The monoisotopic (exact) mass is 237 g/mol. The Morgan fingerprint density at radius 1 is 1.12 bits per heavy atom. The maximum Gasteiger partial charge on any atom is 0.307 e. The lowest BCUT2D eigenvalue weighted by Crippen LogP contribution is -2.48. The van der Waals surface area contributed by atoms with Gasteiger partial charge in [-0.15, -0.1) is 6.58 Å². The van der Waals surface area contributed by atoms with Gasteiger partial charge in [0.1, 0.15) is 0 Å². The fourth-order valence-electron chi connectivity index (χ4n) is 2.68. The molecule has 2 atom stereocenters. The zero-order valence-electron chi connectivity index (χ0n) is 9.97. The molecule has 1 aliphatic carbocycles. The van der Waals surface area contributed by atoms with Crippen LogP contribution in [0.1, 0.15) is 25.7 Å². The minimum atomic E-state index is -0.824. The van der Waals surface area contributed by atoms with Gasteiger partial charge < -0.3 is 10.0 Å². The Kier molecular flexibility index (Phi) is 3.50. The molecule has 2 unspecified atom stereocenters. The summed E-state index contributed by atoms with van der Waals surface area (Å²) in [4.78, 5) is 24.9. The summed E-state index contributed by atoms with van der Waals surface area (Å²) in [5.41, 5.74) is 0. The second-order valence-corrected chi connectivity index (χ2v) is 5.03. The number of carbonyl (C=O) groups excluding carboxylic acids is 1. The molecule has 4 nitrogen and oxygen atoms in total. The Bertz CT molecular complexity index is 332. The first-order valence-corrected chi connectivity index (χ1v) is 6.27. The number of likely N-dealkylation sites (tertiary alicyclic amines) is 1. The standard InChI is InChI=1S/C13H19NO3/c1-2-9-5-7-14(8-6-9)12(15)10-3-4-11(10)13(16)17/h2,9-11H,1,3-8H2,(H,16,17). The summed E-state index contributed by atoms with van der Waals surface area (Å²) in [6.07, 6.45) is 5.25. The third kappa shape index (κ3) is 2.35. The summed E-state index contributed by atoms with van der Waals surface area (Å²) in [5.74, 6) is -0.982. The number of rotatable bonds is 3. The molecule has 0 bridgehead atoms. The second kappa shape index (κ2) is 4.90. The van der Waals surface area contributed by atoms with Crippen molar-refractivity contribution in [1.82, 2.24) is 4.90 Å². The van der Waals surface area contributed by atoms with Crippen LogP contribution in [0, 0.1) is 17.8 Å². The normalized spacial score (nSPS) is 29.5. The van der Waals surface area contributed by atoms with Crippen molar-refractivity contribution in [2.75, 3.05) is 13.1 Å². The van der Waals surface area contributed by atoms with Crippen LogP contribution in [-0.4, -0.2) is 35.0 Å². The molecule has 0 aromatic heterocycles. The lowest BCUT2D eigenvalue weighted by molar-refractivity contribution is -0.157. The van der Waals surface area contributed by atoms with Gasteiger partial charge in [0.05, 0.1) is 11.8 Å². The van der Waals surface area contributed by atoms with Crippen LogP contribution in [0.5, 0.6) is 0 Å². The van der Waals surface area contributed by atoms with Crippen molar-refractivity contribution >= 4 is 11.9 Å². The lowest BCUT2D eigenvalue weighted by atomic mass is 9.72. The van der Waals surface area contributed by atoms with Gasteiger partial charge in [-0.2, -0.15) is 0 Å². The molecule has 1 amide bonds. The Morgan fingerprint density at radius 3 is 2.12 bits per heavy atom. The van der Waals surface area contributed by atoms with E-state index in [1.165, 1.54) is 0 Å². The van der Waals surface area contributed by atoms with Crippen LogP contribution in [0.15, 0.2) is 12.7 Å². The van der Waals surface area contributed by atoms with Gasteiger partial charge in [0.25, 0.3) is 0 Å². The fourth-order valence-corrected chi connectivity index (χ4v) is 2.68. The number of nitrogens with zero attached hydrogens (tertiary/aromatic N) is 1. The predicted octanol–water partition coefficient (Wildman–Crippen LogP) is 1.52. The van der Waals surface area contributed by atoms with E-state index in [2.05, 4.69) is 6.58 Å². The highest BCUT2D eigenvalue weighted by Gasteiger charge is 2.43. The Morgan fingerprint density at radius 2 is 1.71 bits per heavy atom. The molecule has 1 saturated heterocycles. The number of allylic oxidation sites excluding steroid dienone is 1. The van der Waals surface area contributed by atoms with Crippen molar-refractivity contribution in [2.24, 2.45) is 17.8 Å². The highest BCUT2D eigenvalue weighted by Crippen LogP contribution is 2.36. The van der Waals surface area contributed by atoms with Crippen molar-refractivity contribution in [1.29, 1.82) is 0 Å². The van der Waals surface area contributed by atoms with E-state index < -0.39 is 11.9 Å². The number of amides is 1. The first kappa shape index (κ1) is 12.1. The molecular formula is C13H19NO3. The van der Waals surface area contributed by atoms with Crippen LogP contribution in [0.4, 0.5) is 0 Å². The van der Waals surface area contributed by atoms with Gasteiger partial charge in [0.15, 0.2) is 0 Å². The maximum atomic E-state index is 12.1. The SMILES string of the molecule is C=CC1CCN(C(=O)C2CCC2C(=O)O)CC1. The Balaban J connectivity index is 1.89. The van der Waals surface area contributed by atoms with Gasteiger partial charge in [0.2, 0.25) is 5.91 Å². The number of hydrogen-bond donors (Lipinski definition) is 1.